The van der Waals surface area contributed by atoms with Gasteiger partial charge in [-0.3, -0.25) is 0 Å². The van der Waals surface area contributed by atoms with Crippen LogP contribution in [0.4, 0.5) is 0 Å². The predicted molar refractivity (Wildman–Crippen MR) is 92.9 cm³/mol. The topological polar surface area (TPSA) is 69.6 Å². The van der Waals surface area contributed by atoms with E-state index in [1.807, 2.05) is 25.1 Å². The van der Waals surface area contributed by atoms with E-state index in [9.17, 15) is 0 Å². The molecular formula is C17H21N5OS. The zero-order chi connectivity index (χ0) is 17.2. The Morgan fingerprint density at radius 1 is 1.12 bits per heavy atom. The van der Waals surface area contributed by atoms with Gasteiger partial charge in [-0.1, -0.05) is 68.0 Å². The average Bonchev–Trinajstić information content (AvgIpc) is 3.15. The van der Waals surface area contributed by atoms with Gasteiger partial charge in [0.25, 0.3) is 0 Å². The molecule has 0 saturated heterocycles. The highest BCUT2D eigenvalue weighted by Crippen LogP contribution is 2.24. The highest BCUT2D eigenvalue weighted by molar-refractivity contribution is 7.98. The fourth-order valence-electron chi connectivity index (χ4n) is 2.16. The highest BCUT2D eigenvalue weighted by Gasteiger charge is 2.22. The van der Waals surface area contributed by atoms with Crippen LogP contribution in [0.2, 0.25) is 0 Å². The van der Waals surface area contributed by atoms with Gasteiger partial charge in [0.05, 0.1) is 12.3 Å². The molecule has 0 radical (unpaired) electrons. The molecule has 0 atom stereocenters. The Morgan fingerprint density at radius 3 is 2.54 bits per heavy atom. The second-order valence-electron chi connectivity index (χ2n) is 6.66. The van der Waals surface area contributed by atoms with Crippen LogP contribution in [0.25, 0.3) is 0 Å². The summed E-state index contributed by atoms with van der Waals surface area (Å²) in [6.07, 6.45) is 0. The standard InChI is InChI=1S/C17H21N5OS/c1-12-19-20-16(22(12)10-13-8-6-5-7-9-13)24-11-14-18-15(23-21-14)17(2,3)4/h5-9H,10-11H2,1-4H3. The minimum Gasteiger partial charge on any atom is -0.339 e. The Hall–Kier alpha value is -2.15. The SMILES string of the molecule is Cc1nnc(SCc2noc(C(C)(C)C)n2)n1Cc1ccccc1. The zero-order valence-electron chi connectivity index (χ0n) is 14.4. The van der Waals surface area contributed by atoms with Crippen LogP contribution < -0.4 is 0 Å². The molecule has 0 bridgehead atoms. The molecule has 0 N–H and O–H groups in total. The number of aryl methyl sites for hydroxylation is 1. The molecule has 1 aromatic carbocycles. The van der Waals surface area contributed by atoms with Crippen molar-refractivity contribution in [2.45, 2.75) is 50.6 Å². The van der Waals surface area contributed by atoms with Gasteiger partial charge in [-0.25, -0.2) is 0 Å². The van der Waals surface area contributed by atoms with Crippen molar-refractivity contribution in [2.24, 2.45) is 0 Å². The Balaban J connectivity index is 1.71. The van der Waals surface area contributed by atoms with Gasteiger partial charge in [-0.2, -0.15) is 4.98 Å². The van der Waals surface area contributed by atoms with Crippen molar-refractivity contribution < 1.29 is 4.52 Å². The largest absolute Gasteiger partial charge is 0.339 e. The smallest absolute Gasteiger partial charge is 0.232 e. The number of hydrogen-bond donors (Lipinski definition) is 0. The van der Waals surface area contributed by atoms with E-state index in [1.165, 1.54) is 5.56 Å². The number of nitrogens with zero attached hydrogens (tertiary/aromatic N) is 5. The van der Waals surface area contributed by atoms with Crippen molar-refractivity contribution in [3.05, 3.63) is 53.4 Å². The minimum atomic E-state index is -0.139. The van der Waals surface area contributed by atoms with E-state index in [4.69, 9.17) is 4.52 Å². The number of thioether (sulfide) groups is 1. The van der Waals surface area contributed by atoms with Crippen LogP contribution in [0.3, 0.4) is 0 Å². The van der Waals surface area contributed by atoms with Gasteiger partial charge in [0.2, 0.25) is 5.89 Å². The van der Waals surface area contributed by atoms with Gasteiger partial charge in [0.15, 0.2) is 11.0 Å². The van der Waals surface area contributed by atoms with Gasteiger partial charge in [-0.15, -0.1) is 10.2 Å². The maximum atomic E-state index is 5.33. The molecule has 0 saturated carbocycles. The summed E-state index contributed by atoms with van der Waals surface area (Å²) < 4.78 is 7.43. The number of benzene rings is 1. The van der Waals surface area contributed by atoms with E-state index in [-0.39, 0.29) is 5.41 Å². The maximum Gasteiger partial charge on any atom is 0.232 e. The first-order chi connectivity index (χ1) is 11.4. The summed E-state index contributed by atoms with van der Waals surface area (Å²) in [5.41, 5.74) is 1.08. The third-order valence-corrected chi connectivity index (χ3v) is 4.49. The molecule has 3 rings (SSSR count). The van der Waals surface area contributed by atoms with E-state index >= 15 is 0 Å². The van der Waals surface area contributed by atoms with Crippen LogP contribution in [0, 0.1) is 6.92 Å². The van der Waals surface area contributed by atoms with E-state index < -0.39 is 0 Å². The molecule has 24 heavy (non-hydrogen) atoms. The van der Waals surface area contributed by atoms with Crippen LogP contribution >= 0.6 is 11.8 Å². The molecular weight excluding hydrogens is 322 g/mol. The van der Waals surface area contributed by atoms with Crippen molar-refractivity contribution in [1.82, 2.24) is 24.9 Å². The number of rotatable bonds is 5. The predicted octanol–water partition coefficient (Wildman–Crippen LogP) is 3.61. The van der Waals surface area contributed by atoms with Crippen LogP contribution in [0.5, 0.6) is 0 Å². The molecule has 0 unspecified atom stereocenters. The van der Waals surface area contributed by atoms with E-state index in [2.05, 4.69) is 57.8 Å². The number of hydrogen-bond acceptors (Lipinski definition) is 6. The maximum absolute atomic E-state index is 5.33. The Labute approximate surface area is 145 Å². The normalized spacial score (nSPS) is 11.8. The Morgan fingerprint density at radius 2 is 1.88 bits per heavy atom. The van der Waals surface area contributed by atoms with E-state index in [0.717, 1.165) is 17.5 Å². The van der Waals surface area contributed by atoms with Crippen LogP contribution in [0.15, 0.2) is 40.0 Å². The molecule has 2 heterocycles. The van der Waals surface area contributed by atoms with Crippen LogP contribution in [-0.2, 0) is 17.7 Å². The lowest BCUT2D eigenvalue weighted by atomic mass is 9.97. The Bertz CT molecular complexity index is 804. The summed E-state index contributed by atoms with van der Waals surface area (Å²) in [6, 6.07) is 10.3. The summed E-state index contributed by atoms with van der Waals surface area (Å²) in [5.74, 6) is 2.83. The lowest BCUT2D eigenvalue weighted by molar-refractivity contribution is 0.319. The molecule has 3 aromatic rings. The molecule has 0 fully saturated rings. The molecule has 0 spiro atoms. The number of aromatic nitrogens is 5. The Kier molecular flexibility index (Phi) is 4.71. The summed E-state index contributed by atoms with van der Waals surface area (Å²) in [4.78, 5) is 4.46. The van der Waals surface area contributed by atoms with Crippen molar-refractivity contribution in [3.8, 4) is 0 Å². The second kappa shape index (κ2) is 6.76. The fourth-order valence-corrected chi connectivity index (χ4v) is 2.99. The molecule has 2 aromatic heterocycles. The fraction of sp³-hybridized carbons (Fsp3) is 0.412. The molecule has 0 aliphatic heterocycles. The third-order valence-electron chi connectivity index (χ3n) is 3.53. The van der Waals surface area contributed by atoms with Crippen molar-refractivity contribution in [3.63, 3.8) is 0 Å². The van der Waals surface area contributed by atoms with Gasteiger partial charge in [-0.05, 0) is 12.5 Å². The summed E-state index contributed by atoms with van der Waals surface area (Å²) in [7, 11) is 0. The molecule has 0 amide bonds. The third kappa shape index (κ3) is 3.84. The molecule has 0 aliphatic rings. The monoisotopic (exact) mass is 343 g/mol. The first-order valence-electron chi connectivity index (χ1n) is 7.83. The highest BCUT2D eigenvalue weighted by atomic mass is 32.2. The molecule has 126 valence electrons. The zero-order valence-corrected chi connectivity index (χ0v) is 15.2. The first kappa shape index (κ1) is 16.7. The average molecular weight is 343 g/mol. The first-order valence-corrected chi connectivity index (χ1v) is 8.81. The molecule has 0 aliphatic carbocycles. The second-order valence-corrected chi connectivity index (χ2v) is 7.60. The van der Waals surface area contributed by atoms with Crippen LogP contribution in [0.1, 0.15) is 43.9 Å². The van der Waals surface area contributed by atoms with Crippen molar-refractivity contribution >= 4 is 11.8 Å². The van der Waals surface area contributed by atoms with Gasteiger partial charge >= 0.3 is 0 Å². The van der Waals surface area contributed by atoms with Crippen molar-refractivity contribution in [1.29, 1.82) is 0 Å². The summed E-state index contributed by atoms with van der Waals surface area (Å²) in [6.45, 7) is 8.87. The molecule has 7 heteroatoms. The van der Waals surface area contributed by atoms with E-state index in [0.29, 0.717) is 17.5 Å². The summed E-state index contributed by atoms with van der Waals surface area (Å²) >= 11 is 1.57. The lowest BCUT2D eigenvalue weighted by Gasteiger charge is -2.10. The van der Waals surface area contributed by atoms with Crippen molar-refractivity contribution in [2.75, 3.05) is 0 Å². The van der Waals surface area contributed by atoms with Gasteiger partial charge in [0, 0.05) is 5.41 Å². The molecule has 6 nitrogen and oxygen atoms in total. The van der Waals surface area contributed by atoms with Gasteiger partial charge < -0.3 is 9.09 Å². The summed E-state index contributed by atoms with van der Waals surface area (Å²) in [5, 5.41) is 13.4. The quantitative estimate of drug-likeness (QED) is 0.659. The van der Waals surface area contributed by atoms with Crippen LogP contribution in [-0.4, -0.2) is 24.9 Å². The lowest BCUT2D eigenvalue weighted by Crippen LogP contribution is -2.11. The van der Waals surface area contributed by atoms with Gasteiger partial charge in [0.1, 0.15) is 5.82 Å². The minimum absolute atomic E-state index is 0.139. The van der Waals surface area contributed by atoms with E-state index in [1.54, 1.807) is 11.8 Å².